The van der Waals surface area contributed by atoms with Gasteiger partial charge < -0.3 is 16.0 Å². The molecular weight excluding hydrogens is 400 g/mol. The van der Waals surface area contributed by atoms with E-state index < -0.39 is 0 Å². The van der Waals surface area contributed by atoms with Gasteiger partial charge in [-0.05, 0) is 61.3 Å². The number of para-hydroxylation sites is 1. The summed E-state index contributed by atoms with van der Waals surface area (Å²) >= 11 is 5.59. The molecule has 0 unspecified atom stereocenters. The third kappa shape index (κ3) is 5.42. The van der Waals surface area contributed by atoms with Crippen molar-refractivity contribution in [2.45, 2.75) is 44.4 Å². The second-order valence-corrected chi connectivity index (χ2v) is 8.79. The second kappa shape index (κ2) is 9.92. The van der Waals surface area contributed by atoms with E-state index in [1.165, 1.54) is 43.2 Å². The number of aromatic nitrogens is 1. The number of benzene rings is 2. The van der Waals surface area contributed by atoms with Gasteiger partial charge in [-0.25, -0.2) is 4.98 Å². The van der Waals surface area contributed by atoms with Crippen molar-refractivity contribution in [2.75, 3.05) is 17.2 Å². The van der Waals surface area contributed by atoms with Gasteiger partial charge in [-0.3, -0.25) is 0 Å². The molecule has 0 aliphatic heterocycles. The molecule has 0 atom stereocenters. The fraction of sp³-hybridized carbons (Fsp3) is 0.308. The average molecular weight is 431 g/mol. The summed E-state index contributed by atoms with van der Waals surface area (Å²) < 4.78 is 0. The van der Waals surface area contributed by atoms with Gasteiger partial charge in [-0.1, -0.05) is 67.8 Å². The lowest BCUT2D eigenvalue weighted by Gasteiger charge is -2.38. The smallest absolute Gasteiger partial charge is 0.170 e. The van der Waals surface area contributed by atoms with Crippen molar-refractivity contribution in [3.63, 3.8) is 0 Å². The number of hydrogen-bond acceptors (Lipinski definition) is 3. The quantitative estimate of drug-likeness (QED) is 0.399. The molecule has 4 nitrogen and oxygen atoms in total. The van der Waals surface area contributed by atoms with E-state index >= 15 is 0 Å². The number of nitrogens with zero attached hydrogens (tertiary/aromatic N) is 1. The number of anilines is 3. The fourth-order valence-electron chi connectivity index (χ4n) is 4.41. The summed E-state index contributed by atoms with van der Waals surface area (Å²) in [6, 6.07) is 23.0. The number of hydrogen-bond donors (Lipinski definition) is 3. The molecule has 1 aromatic heterocycles. The van der Waals surface area contributed by atoms with Crippen LogP contribution in [0.3, 0.4) is 0 Å². The molecule has 3 aromatic rings. The summed E-state index contributed by atoms with van der Waals surface area (Å²) in [6.45, 7) is 2.93. The van der Waals surface area contributed by atoms with E-state index in [1.54, 1.807) is 0 Å². The van der Waals surface area contributed by atoms with Crippen LogP contribution in [0.5, 0.6) is 0 Å². The molecule has 5 heteroatoms. The van der Waals surface area contributed by atoms with E-state index in [-0.39, 0.29) is 5.41 Å². The van der Waals surface area contributed by atoms with Crippen LogP contribution in [0.1, 0.15) is 43.2 Å². The molecule has 0 spiro atoms. The normalized spacial score (nSPS) is 15.1. The monoisotopic (exact) mass is 430 g/mol. The Morgan fingerprint density at radius 3 is 2.39 bits per heavy atom. The Kier molecular flexibility index (Phi) is 6.82. The van der Waals surface area contributed by atoms with Crippen LogP contribution in [0.15, 0.2) is 72.9 Å². The molecule has 0 amide bonds. The molecule has 0 saturated heterocycles. The fourth-order valence-corrected chi connectivity index (χ4v) is 4.60. The van der Waals surface area contributed by atoms with Gasteiger partial charge in [0.15, 0.2) is 5.11 Å². The molecule has 1 heterocycles. The first-order valence-corrected chi connectivity index (χ1v) is 11.4. The largest absolute Gasteiger partial charge is 0.362 e. The number of rotatable bonds is 6. The van der Waals surface area contributed by atoms with Crippen LogP contribution in [-0.2, 0) is 5.41 Å². The van der Waals surface area contributed by atoms with Crippen molar-refractivity contribution in [1.82, 2.24) is 10.3 Å². The van der Waals surface area contributed by atoms with Crippen LogP contribution < -0.4 is 16.0 Å². The summed E-state index contributed by atoms with van der Waals surface area (Å²) in [7, 11) is 0. The third-order valence-electron chi connectivity index (χ3n) is 6.21. The standard InChI is InChI=1S/C26H30N4S/c1-20-10-6-7-13-23(20)30-24-15-14-22(18-27-24)29-25(31)28-19-26(16-8-3-9-17-26)21-11-4-2-5-12-21/h2,4-7,10-15,18H,3,8-9,16-17,19H2,1H3,(H,27,30)(H2,28,29,31). The van der Waals surface area contributed by atoms with E-state index in [4.69, 9.17) is 12.2 Å². The summed E-state index contributed by atoms with van der Waals surface area (Å²) in [5.41, 5.74) is 4.70. The molecule has 1 fully saturated rings. The zero-order valence-corrected chi connectivity index (χ0v) is 18.8. The molecule has 1 aliphatic carbocycles. The van der Waals surface area contributed by atoms with Gasteiger partial charge in [0.25, 0.3) is 0 Å². The van der Waals surface area contributed by atoms with Crippen molar-refractivity contribution >= 4 is 34.5 Å². The number of aryl methyl sites for hydroxylation is 1. The first-order chi connectivity index (χ1) is 15.1. The highest BCUT2D eigenvalue weighted by Gasteiger charge is 2.33. The molecule has 1 saturated carbocycles. The summed E-state index contributed by atoms with van der Waals surface area (Å²) in [5, 5.41) is 10.8. The van der Waals surface area contributed by atoms with Gasteiger partial charge in [0.05, 0.1) is 11.9 Å². The van der Waals surface area contributed by atoms with Crippen LogP contribution >= 0.6 is 12.2 Å². The maximum Gasteiger partial charge on any atom is 0.170 e. The molecule has 1 aliphatic rings. The van der Waals surface area contributed by atoms with Gasteiger partial charge >= 0.3 is 0 Å². The zero-order chi connectivity index (χ0) is 21.5. The van der Waals surface area contributed by atoms with Gasteiger partial charge in [0.1, 0.15) is 5.82 Å². The lowest BCUT2D eigenvalue weighted by molar-refractivity contribution is 0.292. The Bertz CT molecular complexity index is 995. The molecule has 3 N–H and O–H groups in total. The Hall–Kier alpha value is -2.92. The highest BCUT2D eigenvalue weighted by molar-refractivity contribution is 7.80. The lowest BCUT2D eigenvalue weighted by Crippen LogP contribution is -2.43. The predicted molar refractivity (Wildman–Crippen MR) is 134 cm³/mol. The van der Waals surface area contributed by atoms with Crippen molar-refractivity contribution in [1.29, 1.82) is 0 Å². The Labute approximate surface area is 190 Å². The maximum atomic E-state index is 5.59. The van der Waals surface area contributed by atoms with Crippen LogP contribution in [0, 0.1) is 6.92 Å². The first-order valence-electron chi connectivity index (χ1n) is 11.0. The summed E-state index contributed by atoms with van der Waals surface area (Å²) in [4.78, 5) is 4.52. The second-order valence-electron chi connectivity index (χ2n) is 8.39. The van der Waals surface area contributed by atoms with Crippen LogP contribution in [0.2, 0.25) is 0 Å². The maximum absolute atomic E-state index is 5.59. The Morgan fingerprint density at radius 1 is 0.935 bits per heavy atom. The molecular formula is C26H30N4S. The summed E-state index contributed by atoms with van der Waals surface area (Å²) in [6.07, 6.45) is 8.08. The van der Waals surface area contributed by atoms with E-state index in [1.807, 2.05) is 30.5 Å². The van der Waals surface area contributed by atoms with E-state index in [2.05, 4.69) is 70.3 Å². The lowest BCUT2D eigenvalue weighted by atomic mass is 9.69. The van der Waals surface area contributed by atoms with Gasteiger partial charge in [0.2, 0.25) is 0 Å². The highest BCUT2D eigenvalue weighted by Crippen LogP contribution is 2.38. The van der Waals surface area contributed by atoms with Crippen molar-refractivity contribution in [3.8, 4) is 0 Å². The van der Waals surface area contributed by atoms with Crippen LogP contribution in [0.4, 0.5) is 17.2 Å². The van der Waals surface area contributed by atoms with Crippen molar-refractivity contribution in [2.24, 2.45) is 0 Å². The summed E-state index contributed by atoms with van der Waals surface area (Å²) in [5.74, 6) is 0.809. The van der Waals surface area contributed by atoms with Crippen LogP contribution in [-0.4, -0.2) is 16.6 Å². The third-order valence-corrected chi connectivity index (χ3v) is 6.46. The minimum Gasteiger partial charge on any atom is -0.362 e. The van der Waals surface area contributed by atoms with Gasteiger partial charge in [-0.2, -0.15) is 0 Å². The minimum absolute atomic E-state index is 0.158. The molecule has 2 aromatic carbocycles. The minimum atomic E-state index is 0.158. The SMILES string of the molecule is Cc1ccccc1Nc1ccc(NC(=S)NCC2(c3ccccc3)CCCCC2)cn1. The van der Waals surface area contributed by atoms with E-state index in [9.17, 15) is 0 Å². The van der Waals surface area contributed by atoms with E-state index in [0.29, 0.717) is 5.11 Å². The van der Waals surface area contributed by atoms with Crippen molar-refractivity contribution < 1.29 is 0 Å². The van der Waals surface area contributed by atoms with Gasteiger partial charge in [-0.15, -0.1) is 0 Å². The molecule has 4 rings (SSSR count). The topological polar surface area (TPSA) is 49.0 Å². The zero-order valence-electron chi connectivity index (χ0n) is 18.0. The van der Waals surface area contributed by atoms with E-state index in [0.717, 1.165) is 23.7 Å². The average Bonchev–Trinajstić information content (AvgIpc) is 2.82. The predicted octanol–water partition coefficient (Wildman–Crippen LogP) is 6.32. The Balaban J connectivity index is 1.35. The molecule has 31 heavy (non-hydrogen) atoms. The highest BCUT2D eigenvalue weighted by atomic mass is 32.1. The van der Waals surface area contributed by atoms with Crippen LogP contribution in [0.25, 0.3) is 0 Å². The molecule has 0 bridgehead atoms. The van der Waals surface area contributed by atoms with Gasteiger partial charge in [0, 0.05) is 17.6 Å². The number of nitrogens with one attached hydrogen (secondary N) is 3. The number of pyridine rings is 1. The molecule has 0 radical (unpaired) electrons. The Morgan fingerprint density at radius 2 is 1.68 bits per heavy atom. The molecule has 160 valence electrons. The first kappa shape index (κ1) is 21.3. The van der Waals surface area contributed by atoms with Crippen molar-refractivity contribution in [3.05, 3.63) is 84.1 Å². The number of thiocarbonyl (C=S) groups is 1.